The van der Waals surface area contributed by atoms with Crippen LogP contribution in [0.5, 0.6) is 0 Å². The fraction of sp³-hybridized carbons (Fsp3) is 0.385. The molecule has 80 valence electrons. The van der Waals surface area contributed by atoms with E-state index in [0.717, 1.165) is 0 Å². The van der Waals surface area contributed by atoms with Crippen molar-refractivity contribution in [3.8, 4) is 0 Å². The second-order valence-electron chi connectivity index (χ2n) is 4.28. The van der Waals surface area contributed by atoms with Crippen molar-refractivity contribution in [2.45, 2.75) is 31.9 Å². The second-order valence-corrected chi connectivity index (χ2v) is 7.78. The lowest BCUT2D eigenvalue weighted by atomic mass is 10.2. The maximum absolute atomic E-state index is 6.23. The summed E-state index contributed by atoms with van der Waals surface area (Å²) in [7, 11) is -1.83. The number of benzene rings is 1. The minimum Gasteiger partial charge on any atom is -0.406 e. The molecule has 0 saturated carbocycles. The van der Waals surface area contributed by atoms with Crippen LogP contribution < -0.4 is 5.19 Å². The Kier molecular flexibility index (Phi) is 3.07. The van der Waals surface area contributed by atoms with Gasteiger partial charge >= 0.3 is 0 Å². The van der Waals surface area contributed by atoms with Crippen LogP contribution in [0.2, 0.25) is 6.04 Å². The molecule has 2 atom stereocenters. The standard InChI is InChI=1S/C13H18OSi/c1-3-15(11-7-8-12(2)14-15)13-9-5-4-6-10-13/h3-6,9-10,12H,1,7-8,11H2,2H3. The smallest absolute Gasteiger partial charge is 0.248 e. The highest BCUT2D eigenvalue weighted by atomic mass is 28.4. The van der Waals surface area contributed by atoms with Gasteiger partial charge in [-0.15, -0.1) is 6.58 Å². The van der Waals surface area contributed by atoms with Crippen LogP contribution in [0.15, 0.2) is 42.6 Å². The van der Waals surface area contributed by atoms with E-state index in [2.05, 4.69) is 49.5 Å². The maximum atomic E-state index is 6.23. The van der Waals surface area contributed by atoms with Crippen LogP contribution in [0.1, 0.15) is 19.8 Å². The summed E-state index contributed by atoms with van der Waals surface area (Å²) in [5, 5.41) is 1.37. The molecule has 1 aromatic carbocycles. The van der Waals surface area contributed by atoms with Crippen LogP contribution in [0.25, 0.3) is 0 Å². The third-order valence-corrected chi connectivity index (χ3v) is 7.05. The van der Waals surface area contributed by atoms with Crippen molar-refractivity contribution in [3.63, 3.8) is 0 Å². The van der Waals surface area contributed by atoms with Gasteiger partial charge in [0.2, 0.25) is 8.32 Å². The molecule has 2 unspecified atom stereocenters. The van der Waals surface area contributed by atoms with Crippen molar-refractivity contribution in [2.24, 2.45) is 0 Å². The van der Waals surface area contributed by atoms with Crippen molar-refractivity contribution in [3.05, 3.63) is 42.6 Å². The zero-order valence-electron chi connectivity index (χ0n) is 9.28. The molecule has 0 N–H and O–H groups in total. The lowest BCUT2D eigenvalue weighted by molar-refractivity contribution is 0.185. The van der Waals surface area contributed by atoms with Gasteiger partial charge in [0, 0.05) is 6.10 Å². The highest BCUT2D eigenvalue weighted by Crippen LogP contribution is 2.26. The summed E-state index contributed by atoms with van der Waals surface area (Å²) in [4.78, 5) is 0. The van der Waals surface area contributed by atoms with Crippen molar-refractivity contribution < 1.29 is 4.43 Å². The minimum absolute atomic E-state index is 0.392. The average Bonchev–Trinajstić information content (AvgIpc) is 2.30. The molecule has 1 aromatic rings. The largest absolute Gasteiger partial charge is 0.406 e. The first-order chi connectivity index (χ1) is 7.27. The summed E-state index contributed by atoms with van der Waals surface area (Å²) < 4.78 is 6.23. The molecular formula is C13H18OSi. The van der Waals surface area contributed by atoms with Crippen LogP contribution >= 0.6 is 0 Å². The molecule has 15 heavy (non-hydrogen) atoms. The van der Waals surface area contributed by atoms with Crippen molar-refractivity contribution in [2.75, 3.05) is 0 Å². The monoisotopic (exact) mass is 218 g/mol. The second kappa shape index (κ2) is 4.33. The molecule has 1 saturated heterocycles. The van der Waals surface area contributed by atoms with E-state index in [9.17, 15) is 0 Å². The van der Waals surface area contributed by atoms with Crippen LogP contribution in [0, 0.1) is 0 Å². The van der Waals surface area contributed by atoms with Crippen molar-refractivity contribution in [1.82, 2.24) is 0 Å². The molecule has 1 aliphatic rings. The van der Waals surface area contributed by atoms with Gasteiger partial charge < -0.3 is 4.43 Å². The molecule has 0 aliphatic carbocycles. The molecule has 2 heteroatoms. The number of hydrogen-bond donors (Lipinski definition) is 0. The Morgan fingerprint density at radius 3 is 2.73 bits per heavy atom. The molecule has 0 spiro atoms. The van der Waals surface area contributed by atoms with Crippen LogP contribution in [0.4, 0.5) is 0 Å². The Balaban J connectivity index is 2.32. The van der Waals surface area contributed by atoms with E-state index in [-0.39, 0.29) is 0 Å². The third-order valence-electron chi connectivity index (χ3n) is 3.16. The Morgan fingerprint density at radius 2 is 2.13 bits per heavy atom. The van der Waals surface area contributed by atoms with Crippen molar-refractivity contribution >= 4 is 13.5 Å². The molecule has 1 fully saturated rings. The first-order valence-electron chi connectivity index (χ1n) is 5.64. The molecule has 1 heterocycles. The van der Waals surface area contributed by atoms with E-state index < -0.39 is 8.32 Å². The normalized spacial score (nSPS) is 31.1. The molecular weight excluding hydrogens is 200 g/mol. The van der Waals surface area contributed by atoms with E-state index in [1.54, 1.807) is 0 Å². The topological polar surface area (TPSA) is 9.23 Å². The lowest BCUT2D eigenvalue weighted by Gasteiger charge is -2.36. The van der Waals surface area contributed by atoms with Gasteiger partial charge in [-0.1, -0.05) is 42.5 Å². The summed E-state index contributed by atoms with van der Waals surface area (Å²) >= 11 is 0. The highest BCUT2D eigenvalue weighted by Gasteiger charge is 2.38. The molecule has 1 nitrogen and oxygen atoms in total. The summed E-state index contributed by atoms with van der Waals surface area (Å²) in [6, 6.07) is 11.8. The zero-order valence-corrected chi connectivity index (χ0v) is 10.3. The van der Waals surface area contributed by atoms with Gasteiger partial charge in [0.25, 0.3) is 0 Å². The first-order valence-corrected chi connectivity index (χ1v) is 7.83. The van der Waals surface area contributed by atoms with E-state index in [1.807, 2.05) is 0 Å². The average molecular weight is 218 g/mol. The Morgan fingerprint density at radius 1 is 1.40 bits per heavy atom. The number of rotatable bonds is 2. The molecule has 0 bridgehead atoms. The van der Waals surface area contributed by atoms with Gasteiger partial charge in [-0.25, -0.2) is 0 Å². The van der Waals surface area contributed by atoms with Crippen LogP contribution in [-0.2, 0) is 4.43 Å². The lowest BCUT2D eigenvalue weighted by Crippen LogP contribution is -2.53. The van der Waals surface area contributed by atoms with E-state index in [1.165, 1.54) is 24.1 Å². The molecule has 1 aliphatic heterocycles. The van der Waals surface area contributed by atoms with Gasteiger partial charge in [-0.05, 0) is 24.6 Å². The van der Waals surface area contributed by atoms with Crippen LogP contribution in [-0.4, -0.2) is 14.4 Å². The Bertz CT molecular complexity index is 336. The summed E-state index contributed by atoms with van der Waals surface area (Å²) in [6.07, 6.45) is 2.85. The van der Waals surface area contributed by atoms with Gasteiger partial charge in [-0.3, -0.25) is 0 Å². The van der Waals surface area contributed by atoms with Gasteiger partial charge in [0.15, 0.2) is 0 Å². The molecule has 0 amide bonds. The van der Waals surface area contributed by atoms with Gasteiger partial charge in [-0.2, -0.15) is 0 Å². The van der Waals surface area contributed by atoms with Crippen LogP contribution in [0.3, 0.4) is 0 Å². The zero-order chi connectivity index (χ0) is 10.7. The predicted molar refractivity (Wildman–Crippen MR) is 66.6 cm³/mol. The third kappa shape index (κ3) is 2.06. The summed E-state index contributed by atoms with van der Waals surface area (Å²) in [5.41, 5.74) is 2.10. The minimum atomic E-state index is -1.83. The quantitative estimate of drug-likeness (QED) is 0.694. The number of hydrogen-bond acceptors (Lipinski definition) is 1. The Labute approximate surface area is 92.9 Å². The highest BCUT2D eigenvalue weighted by molar-refractivity contribution is 6.90. The van der Waals surface area contributed by atoms with Gasteiger partial charge in [0.05, 0.1) is 0 Å². The molecule has 2 rings (SSSR count). The fourth-order valence-corrected chi connectivity index (χ4v) is 5.73. The first kappa shape index (κ1) is 10.6. The summed E-state index contributed by atoms with van der Waals surface area (Å²) in [5.74, 6) is 0. The fourth-order valence-electron chi connectivity index (χ4n) is 2.33. The Hall–Kier alpha value is -0.863. The van der Waals surface area contributed by atoms with E-state index in [0.29, 0.717) is 6.10 Å². The molecule has 0 radical (unpaired) electrons. The SMILES string of the molecule is C=C[Si]1(c2ccccc2)CCCC(C)O1. The summed E-state index contributed by atoms with van der Waals surface area (Å²) in [6.45, 7) is 6.18. The maximum Gasteiger partial charge on any atom is 0.248 e. The van der Waals surface area contributed by atoms with Crippen molar-refractivity contribution in [1.29, 1.82) is 0 Å². The van der Waals surface area contributed by atoms with E-state index in [4.69, 9.17) is 4.43 Å². The van der Waals surface area contributed by atoms with Gasteiger partial charge in [0.1, 0.15) is 0 Å². The molecule has 0 aromatic heterocycles. The van der Waals surface area contributed by atoms with E-state index >= 15 is 0 Å². The predicted octanol–water partition coefficient (Wildman–Crippen LogP) is 2.76.